The molecule has 94 valence electrons. The van der Waals surface area contributed by atoms with E-state index >= 15 is 0 Å². The molecule has 0 aromatic carbocycles. The van der Waals surface area contributed by atoms with Gasteiger partial charge in [0.25, 0.3) is 0 Å². The van der Waals surface area contributed by atoms with E-state index in [0.29, 0.717) is 12.8 Å². The van der Waals surface area contributed by atoms with Crippen LogP contribution in [-0.2, 0) is 16.0 Å². The number of halogens is 1. The van der Waals surface area contributed by atoms with Crippen molar-refractivity contribution in [3.8, 4) is 0 Å². The topological polar surface area (TPSA) is 69.2 Å². The van der Waals surface area contributed by atoms with Crippen LogP contribution in [0.4, 0.5) is 0 Å². The lowest BCUT2D eigenvalue weighted by Crippen LogP contribution is -2.32. The van der Waals surface area contributed by atoms with Crippen molar-refractivity contribution in [2.75, 3.05) is 6.61 Å². The Morgan fingerprint density at radius 3 is 3.17 bits per heavy atom. The molecule has 1 heterocycles. The third-order valence-corrected chi connectivity index (χ3v) is 2.90. The zero-order chi connectivity index (χ0) is 13.1. The van der Waals surface area contributed by atoms with Gasteiger partial charge in [0.05, 0.1) is 0 Å². The summed E-state index contributed by atoms with van der Waals surface area (Å²) in [5, 5.41) is 0.00205. The Morgan fingerprint density at radius 2 is 2.44 bits per heavy atom. The predicted molar refractivity (Wildman–Crippen MR) is 64.3 cm³/mol. The molecule has 0 aliphatic heterocycles. The van der Waals surface area contributed by atoms with E-state index in [-0.39, 0.29) is 23.4 Å². The fourth-order valence-electron chi connectivity index (χ4n) is 1.84. The molecule has 1 aromatic rings. The molecule has 0 N–H and O–H groups in total. The molecule has 6 heteroatoms. The zero-order valence-corrected chi connectivity index (χ0v) is 10.3. The molecule has 0 radical (unpaired) electrons. The Hall–Kier alpha value is -1.75. The van der Waals surface area contributed by atoms with E-state index in [4.69, 9.17) is 16.3 Å². The van der Waals surface area contributed by atoms with Crippen LogP contribution in [0.25, 0.3) is 0 Å². The lowest BCUT2D eigenvalue weighted by molar-refractivity contribution is -0.145. The predicted octanol–water partition coefficient (Wildman–Crippen LogP) is 1.60. The summed E-state index contributed by atoms with van der Waals surface area (Å²) in [5.41, 5.74) is 0.943. The summed E-state index contributed by atoms with van der Waals surface area (Å²) in [6.45, 7) is 3.54. The van der Waals surface area contributed by atoms with Gasteiger partial charge in [0, 0.05) is 6.20 Å². The van der Waals surface area contributed by atoms with E-state index < -0.39 is 11.9 Å². The minimum absolute atomic E-state index is 0.00205. The molecule has 5 nitrogen and oxygen atoms in total. The lowest BCUT2D eigenvalue weighted by atomic mass is 9.86. The SMILES string of the molecule is C=CCOC(=O)C1CCc2cnc(Cl)nc2C1=O. The first-order valence-corrected chi connectivity index (χ1v) is 5.84. The standard InChI is InChI=1S/C12H11ClN2O3/c1-2-5-18-11(17)8-4-3-7-6-14-12(13)15-9(7)10(8)16/h2,6,8H,1,3-5H2. The number of ketones is 1. The van der Waals surface area contributed by atoms with Gasteiger partial charge < -0.3 is 4.74 Å². The van der Waals surface area contributed by atoms with E-state index in [2.05, 4.69) is 16.5 Å². The Kier molecular flexibility index (Phi) is 3.72. The number of carbonyl (C=O) groups excluding carboxylic acids is 2. The highest BCUT2D eigenvalue weighted by Crippen LogP contribution is 2.25. The first kappa shape index (κ1) is 12.7. The minimum atomic E-state index is -0.802. The molecule has 1 atom stereocenters. The van der Waals surface area contributed by atoms with E-state index in [1.54, 1.807) is 0 Å². The van der Waals surface area contributed by atoms with Crippen LogP contribution in [0.3, 0.4) is 0 Å². The maximum Gasteiger partial charge on any atom is 0.317 e. The van der Waals surface area contributed by atoms with Gasteiger partial charge in [-0.05, 0) is 30.0 Å². The third kappa shape index (κ3) is 2.41. The number of nitrogens with zero attached hydrogens (tertiary/aromatic N) is 2. The maximum atomic E-state index is 12.1. The van der Waals surface area contributed by atoms with Crippen molar-refractivity contribution >= 4 is 23.4 Å². The summed E-state index contributed by atoms with van der Waals surface area (Å²) in [7, 11) is 0. The second-order valence-electron chi connectivity index (χ2n) is 3.89. The molecule has 18 heavy (non-hydrogen) atoms. The maximum absolute atomic E-state index is 12.1. The van der Waals surface area contributed by atoms with Gasteiger partial charge in [-0.15, -0.1) is 0 Å². The van der Waals surface area contributed by atoms with Crippen molar-refractivity contribution in [3.05, 3.63) is 35.4 Å². The molecule has 0 fully saturated rings. The van der Waals surface area contributed by atoms with Gasteiger partial charge in [0.2, 0.25) is 5.28 Å². The van der Waals surface area contributed by atoms with Crippen molar-refractivity contribution in [2.24, 2.45) is 5.92 Å². The molecule has 1 aliphatic rings. The smallest absolute Gasteiger partial charge is 0.317 e. The molecule has 0 spiro atoms. The number of esters is 1. The number of hydrogen-bond donors (Lipinski definition) is 0. The van der Waals surface area contributed by atoms with Gasteiger partial charge in [0.1, 0.15) is 18.2 Å². The highest BCUT2D eigenvalue weighted by molar-refractivity contribution is 6.28. The molecule has 0 saturated carbocycles. The monoisotopic (exact) mass is 266 g/mol. The Morgan fingerprint density at radius 1 is 1.67 bits per heavy atom. The normalized spacial score (nSPS) is 18.1. The number of ether oxygens (including phenoxy) is 1. The summed E-state index contributed by atoms with van der Waals surface area (Å²) in [6, 6.07) is 0. The molecule has 1 unspecified atom stereocenters. The number of aromatic nitrogens is 2. The number of fused-ring (bicyclic) bond motifs is 1. The van der Waals surface area contributed by atoms with E-state index in [1.807, 2.05) is 0 Å². The molecule has 1 aliphatic carbocycles. The van der Waals surface area contributed by atoms with Crippen molar-refractivity contribution < 1.29 is 14.3 Å². The van der Waals surface area contributed by atoms with Gasteiger partial charge in [-0.2, -0.15) is 0 Å². The largest absolute Gasteiger partial charge is 0.461 e. The van der Waals surface area contributed by atoms with E-state index in [1.165, 1.54) is 12.3 Å². The van der Waals surface area contributed by atoms with Crippen LogP contribution in [0.2, 0.25) is 5.28 Å². The van der Waals surface area contributed by atoms with Crippen molar-refractivity contribution in [1.29, 1.82) is 0 Å². The fourth-order valence-corrected chi connectivity index (χ4v) is 1.98. The van der Waals surface area contributed by atoms with Crippen LogP contribution < -0.4 is 0 Å². The first-order valence-electron chi connectivity index (χ1n) is 5.46. The highest BCUT2D eigenvalue weighted by atomic mass is 35.5. The second kappa shape index (κ2) is 5.27. The summed E-state index contributed by atoms with van der Waals surface area (Å²) in [5.74, 6) is -1.70. The number of aryl methyl sites for hydroxylation is 1. The van der Waals surface area contributed by atoms with Crippen LogP contribution >= 0.6 is 11.6 Å². The molecule has 1 aromatic heterocycles. The van der Waals surface area contributed by atoms with Gasteiger partial charge >= 0.3 is 5.97 Å². The first-order chi connectivity index (χ1) is 8.63. The number of carbonyl (C=O) groups is 2. The summed E-state index contributed by atoms with van der Waals surface area (Å²) < 4.78 is 4.89. The quantitative estimate of drug-likeness (QED) is 0.360. The fraction of sp³-hybridized carbons (Fsp3) is 0.333. The molecule has 2 rings (SSSR count). The Balaban J connectivity index is 2.22. The average Bonchev–Trinajstić information content (AvgIpc) is 2.37. The molecular formula is C12H11ClN2O3. The summed E-state index contributed by atoms with van der Waals surface area (Å²) in [6.07, 6.45) is 3.95. The van der Waals surface area contributed by atoms with Gasteiger partial charge in [0.15, 0.2) is 5.78 Å². The number of hydrogen-bond acceptors (Lipinski definition) is 5. The minimum Gasteiger partial charge on any atom is -0.461 e. The molecule has 0 bridgehead atoms. The van der Waals surface area contributed by atoms with Crippen molar-refractivity contribution in [1.82, 2.24) is 9.97 Å². The van der Waals surface area contributed by atoms with Crippen LogP contribution in [-0.4, -0.2) is 28.3 Å². The highest BCUT2D eigenvalue weighted by Gasteiger charge is 2.35. The summed E-state index contributed by atoms with van der Waals surface area (Å²) in [4.78, 5) is 31.5. The Bertz CT molecular complexity index is 516. The molecule has 0 saturated heterocycles. The Labute approximate surface area is 109 Å². The van der Waals surface area contributed by atoms with Gasteiger partial charge in [-0.3, -0.25) is 9.59 Å². The van der Waals surface area contributed by atoms with Crippen molar-refractivity contribution in [2.45, 2.75) is 12.8 Å². The molecule has 0 amide bonds. The van der Waals surface area contributed by atoms with Crippen LogP contribution in [0, 0.1) is 5.92 Å². The van der Waals surface area contributed by atoms with E-state index in [9.17, 15) is 9.59 Å². The van der Waals surface area contributed by atoms with Crippen LogP contribution in [0.5, 0.6) is 0 Å². The number of Topliss-reactive ketones (excluding diaryl/α,β-unsaturated/α-hetero) is 1. The number of rotatable bonds is 3. The van der Waals surface area contributed by atoms with Gasteiger partial charge in [-0.25, -0.2) is 9.97 Å². The summed E-state index contributed by atoms with van der Waals surface area (Å²) >= 11 is 5.65. The third-order valence-electron chi connectivity index (χ3n) is 2.72. The van der Waals surface area contributed by atoms with Crippen LogP contribution in [0.1, 0.15) is 22.5 Å². The average molecular weight is 267 g/mol. The van der Waals surface area contributed by atoms with Crippen molar-refractivity contribution in [3.63, 3.8) is 0 Å². The van der Waals surface area contributed by atoms with Gasteiger partial charge in [-0.1, -0.05) is 12.7 Å². The molecular weight excluding hydrogens is 256 g/mol. The lowest BCUT2D eigenvalue weighted by Gasteiger charge is -2.20. The second-order valence-corrected chi connectivity index (χ2v) is 4.23. The zero-order valence-electron chi connectivity index (χ0n) is 9.56. The van der Waals surface area contributed by atoms with E-state index in [0.717, 1.165) is 5.56 Å². The van der Waals surface area contributed by atoms with Crippen LogP contribution in [0.15, 0.2) is 18.9 Å².